The highest BCUT2D eigenvalue weighted by Crippen LogP contribution is 2.28. The number of nitrogens with zero attached hydrogens (tertiary/aromatic N) is 6. The fourth-order valence-corrected chi connectivity index (χ4v) is 3.41. The zero-order valence-electron chi connectivity index (χ0n) is 16.4. The lowest BCUT2D eigenvalue weighted by atomic mass is 10.1. The molecular weight excluding hydrogens is 419 g/mol. The number of benzene rings is 1. The van der Waals surface area contributed by atoms with Gasteiger partial charge in [0.1, 0.15) is 17.3 Å². The van der Waals surface area contributed by atoms with E-state index >= 15 is 0 Å². The van der Waals surface area contributed by atoms with Gasteiger partial charge in [-0.2, -0.15) is 5.10 Å². The molecule has 0 spiro atoms. The van der Waals surface area contributed by atoms with Crippen LogP contribution in [0.5, 0.6) is 0 Å². The number of hydrogen-bond donors (Lipinski definition) is 1. The van der Waals surface area contributed by atoms with Crippen molar-refractivity contribution >= 4 is 11.3 Å². The molecule has 0 radical (unpaired) electrons. The molecule has 7 nitrogen and oxygen atoms in total. The number of aromatic nitrogens is 6. The Morgan fingerprint density at radius 3 is 2.50 bits per heavy atom. The van der Waals surface area contributed by atoms with Gasteiger partial charge in [-0.15, -0.1) is 0 Å². The summed E-state index contributed by atoms with van der Waals surface area (Å²) < 4.78 is 42.7. The van der Waals surface area contributed by atoms with E-state index in [0.717, 1.165) is 11.6 Å². The molecule has 0 bridgehead atoms. The number of rotatable bonds is 4. The Hall–Kier alpha value is -4.34. The highest BCUT2D eigenvalue weighted by molar-refractivity contribution is 5.77. The molecule has 32 heavy (non-hydrogen) atoms. The molecule has 158 valence electrons. The molecule has 5 rings (SSSR count). The first-order valence-corrected chi connectivity index (χ1v) is 9.51. The van der Waals surface area contributed by atoms with Gasteiger partial charge in [-0.1, -0.05) is 6.07 Å². The van der Waals surface area contributed by atoms with Gasteiger partial charge >= 0.3 is 0 Å². The van der Waals surface area contributed by atoms with E-state index in [4.69, 9.17) is 5.73 Å². The summed E-state index contributed by atoms with van der Waals surface area (Å²) in [7, 11) is 0. The lowest BCUT2D eigenvalue weighted by Crippen LogP contribution is -2.03. The quantitative estimate of drug-likeness (QED) is 0.433. The van der Waals surface area contributed by atoms with Gasteiger partial charge in [0.05, 0.1) is 5.52 Å². The number of pyridine rings is 1. The monoisotopic (exact) mass is 433 g/mol. The maximum Gasteiger partial charge on any atom is 0.194 e. The van der Waals surface area contributed by atoms with E-state index < -0.39 is 17.5 Å². The zero-order chi connectivity index (χ0) is 22.2. The number of halogens is 3. The second kappa shape index (κ2) is 7.73. The molecule has 0 aliphatic carbocycles. The number of imidazole rings is 1. The van der Waals surface area contributed by atoms with Crippen molar-refractivity contribution in [3.8, 4) is 22.6 Å². The number of nitrogens with two attached hydrogens (primary N) is 1. The lowest BCUT2D eigenvalue weighted by Gasteiger charge is -2.05. The molecule has 0 fully saturated rings. The first-order valence-electron chi connectivity index (χ1n) is 9.51. The SMILES string of the molecule is Nc1nc(-c2nc(Cc3ccc(F)c(F)c3F)n3ncccc23)ncc1-c1ccncc1. The van der Waals surface area contributed by atoms with Crippen LogP contribution in [0.25, 0.3) is 28.2 Å². The van der Waals surface area contributed by atoms with Crippen molar-refractivity contribution in [1.29, 1.82) is 0 Å². The number of fused-ring (bicyclic) bond motifs is 1. The minimum Gasteiger partial charge on any atom is -0.383 e. The molecule has 0 amide bonds. The average molecular weight is 433 g/mol. The van der Waals surface area contributed by atoms with Crippen LogP contribution in [-0.4, -0.2) is 29.5 Å². The number of nitrogen functional groups attached to an aromatic ring is 1. The van der Waals surface area contributed by atoms with Gasteiger partial charge in [0, 0.05) is 36.8 Å². The van der Waals surface area contributed by atoms with Crippen LogP contribution >= 0.6 is 0 Å². The van der Waals surface area contributed by atoms with Crippen LogP contribution in [0.4, 0.5) is 19.0 Å². The molecular formula is C22H14F3N7. The van der Waals surface area contributed by atoms with Gasteiger partial charge in [-0.05, 0) is 41.5 Å². The summed E-state index contributed by atoms with van der Waals surface area (Å²) >= 11 is 0. The van der Waals surface area contributed by atoms with E-state index in [1.165, 1.54) is 16.8 Å². The van der Waals surface area contributed by atoms with Crippen LogP contribution in [0.15, 0.2) is 61.2 Å². The Morgan fingerprint density at radius 1 is 0.906 bits per heavy atom. The van der Waals surface area contributed by atoms with E-state index in [2.05, 4.69) is 25.0 Å². The minimum atomic E-state index is -1.53. The fraction of sp³-hybridized carbons (Fsp3) is 0.0455. The summed E-state index contributed by atoms with van der Waals surface area (Å²) in [6.07, 6.45) is 6.28. The molecule has 10 heteroatoms. The second-order valence-corrected chi connectivity index (χ2v) is 6.94. The number of hydrogen-bond acceptors (Lipinski definition) is 6. The van der Waals surface area contributed by atoms with E-state index in [1.54, 1.807) is 42.9 Å². The van der Waals surface area contributed by atoms with Crippen molar-refractivity contribution in [2.45, 2.75) is 6.42 Å². The third-order valence-electron chi connectivity index (χ3n) is 4.96. The average Bonchev–Trinajstić information content (AvgIpc) is 3.18. The third-order valence-corrected chi connectivity index (χ3v) is 4.96. The van der Waals surface area contributed by atoms with Crippen molar-refractivity contribution < 1.29 is 13.2 Å². The minimum absolute atomic E-state index is 0.0542. The molecule has 0 saturated heterocycles. The highest BCUT2D eigenvalue weighted by Gasteiger charge is 2.20. The van der Waals surface area contributed by atoms with Crippen LogP contribution < -0.4 is 5.73 Å². The van der Waals surface area contributed by atoms with Gasteiger partial charge in [0.15, 0.2) is 23.3 Å². The molecule has 5 aromatic rings. The Morgan fingerprint density at radius 2 is 1.72 bits per heavy atom. The predicted octanol–water partition coefficient (Wildman–Crippen LogP) is 3.84. The zero-order valence-corrected chi connectivity index (χ0v) is 16.4. The van der Waals surface area contributed by atoms with Gasteiger partial charge in [-0.25, -0.2) is 32.6 Å². The second-order valence-electron chi connectivity index (χ2n) is 6.94. The van der Waals surface area contributed by atoms with Crippen molar-refractivity contribution in [3.63, 3.8) is 0 Å². The smallest absolute Gasteiger partial charge is 0.194 e. The van der Waals surface area contributed by atoms with E-state index in [-0.39, 0.29) is 23.6 Å². The van der Waals surface area contributed by atoms with Crippen molar-refractivity contribution in [2.24, 2.45) is 0 Å². The van der Waals surface area contributed by atoms with Crippen LogP contribution in [0.2, 0.25) is 0 Å². The summed E-state index contributed by atoms with van der Waals surface area (Å²) in [4.78, 5) is 17.3. The lowest BCUT2D eigenvalue weighted by molar-refractivity contribution is 0.441. The Balaban J connectivity index is 1.59. The standard InChI is InChI=1S/C22H14F3N7/c23-15-4-3-13(18(24)19(15)25)10-17-30-20(16-2-1-7-29-32(16)17)22-28-11-14(21(26)31-22)12-5-8-27-9-6-12/h1-9,11H,10H2,(H2,26,28,31). The van der Waals surface area contributed by atoms with E-state index in [9.17, 15) is 13.2 Å². The van der Waals surface area contributed by atoms with Gasteiger partial charge < -0.3 is 5.73 Å². The molecule has 0 unspecified atom stereocenters. The number of anilines is 1. The molecule has 0 aliphatic rings. The van der Waals surface area contributed by atoms with Crippen molar-refractivity contribution in [2.75, 3.05) is 5.73 Å². The molecule has 1 aromatic carbocycles. The summed E-state index contributed by atoms with van der Waals surface area (Å²) in [5.74, 6) is -3.24. The summed E-state index contributed by atoms with van der Waals surface area (Å²) in [6, 6.07) is 9.08. The summed E-state index contributed by atoms with van der Waals surface area (Å²) in [5.41, 5.74) is 8.50. The largest absolute Gasteiger partial charge is 0.383 e. The third kappa shape index (κ3) is 3.31. The molecule has 2 N–H and O–H groups in total. The van der Waals surface area contributed by atoms with Crippen LogP contribution in [-0.2, 0) is 6.42 Å². The predicted molar refractivity (Wildman–Crippen MR) is 111 cm³/mol. The summed E-state index contributed by atoms with van der Waals surface area (Å²) in [6.45, 7) is 0. The first-order chi connectivity index (χ1) is 15.5. The Bertz CT molecular complexity index is 1450. The molecule has 4 aromatic heterocycles. The molecule has 0 saturated carbocycles. The maximum atomic E-state index is 14.2. The normalized spacial score (nSPS) is 11.2. The molecule has 0 atom stereocenters. The van der Waals surface area contributed by atoms with Gasteiger partial charge in [0.2, 0.25) is 0 Å². The molecule has 0 aliphatic heterocycles. The first kappa shape index (κ1) is 19.6. The Kier molecular flexibility index (Phi) is 4.74. The van der Waals surface area contributed by atoms with Gasteiger partial charge in [-0.3, -0.25) is 4.98 Å². The fourth-order valence-electron chi connectivity index (χ4n) is 3.41. The van der Waals surface area contributed by atoms with Crippen LogP contribution in [0.3, 0.4) is 0 Å². The Labute approximate surface area is 179 Å². The van der Waals surface area contributed by atoms with Crippen molar-refractivity contribution in [3.05, 3.63) is 90.0 Å². The topological polar surface area (TPSA) is 94.9 Å². The summed E-state index contributed by atoms with van der Waals surface area (Å²) in [5, 5.41) is 4.25. The van der Waals surface area contributed by atoms with Crippen LogP contribution in [0.1, 0.15) is 11.4 Å². The molecule has 4 heterocycles. The van der Waals surface area contributed by atoms with Crippen LogP contribution in [0, 0.1) is 17.5 Å². The van der Waals surface area contributed by atoms with Gasteiger partial charge in [0.25, 0.3) is 0 Å². The van der Waals surface area contributed by atoms with Crippen molar-refractivity contribution in [1.82, 2.24) is 29.5 Å². The van der Waals surface area contributed by atoms with E-state index in [0.29, 0.717) is 22.6 Å². The maximum absolute atomic E-state index is 14.2. The van der Waals surface area contributed by atoms with E-state index in [1.807, 2.05) is 0 Å². The highest BCUT2D eigenvalue weighted by atomic mass is 19.2.